The van der Waals surface area contributed by atoms with E-state index in [0.717, 1.165) is 52.3 Å². The van der Waals surface area contributed by atoms with Crippen molar-refractivity contribution >= 4 is 35.8 Å². The average molecular weight is 525 g/mol. The second-order valence-electron chi connectivity index (χ2n) is 8.16. The van der Waals surface area contributed by atoms with Crippen LogP contribution in [0, 0.1) is 5.92 Å². The van der Waals surface area contributed by atoms with Gasteiger partial charge in [-0.05, 0) is 25.2 Å². The summed E-state index contributed by atoms with van der Waals surface area (Å²) in [4.78, 5) is 20.5. The summed E-state index contributed by atoms with van der Waals surface area (Å²) in [6.07, 6.45) is 3.63. The van der Waals surface area contributed by atoms with Crippen LogP contribution in [0.4, 0.5) is 0 Å². The molecule has 9 heteroatoms. The van der Waals surface area contributed by atoms with E-state index in [2.05, 4.69) is 34.4 Å². The summed E-state index contributed by atoms with van der Waals surface area (Å²) >= 11 is 0. The Morgan fingerprint density at radius 2 is 1.90 bits per heavy atom. The number of likely N-dealkylation sites (N-methyl/N-ethyl adjacent to an activating group) is 1. The Kier molecular flexibility index (Phi) is 13.1. The third-order valence-corrected chi connectivity index (χ3v) is 5.41. The van der Waals surface area contributed by atoms with Gasteiger partial charge in [0.1, 0.15) is 6.54 Å². The van der Waals surface area contributed by atoms with Gasteiger partial charge in [0.05, 0.1) is 19.3 Å². The lowest BCUT2D eigenvalue weighted by atomic mass is 10.0. The molecule has 2 saturated heterocycles. The van der Waals surface area contributed by atoms with Crippen LogP contribution in [0.15, 0.2) is 4.99 Å². The maximum atomic E-state index is 12.0. The fraction of sp³-hybridized carbons (Fsp3) is 0.900. The van der Waals surface area contributed by atoms with Crippen molar-refractivity contribution < 1.29 is 14.3 Å². The molecule has 0 aromatic heterocycles. The first-order valence-corrected chi connectivity index (χ1v) is 10.6. The van der Waals surface area contributed by atoms with E-state index in [1.165, 1.54) is 6.42 Å². The first-order chi connectivity index (χ1) is 13.5. The van der Waals surface area contributed by atoms with E-state index in [9.17, 15) is 4.79 Å². The van der Waals surface area contributed by atoms with Crippen LogP contribution in [0.2, 0.25) is 0 Å². The quantitative estimate of drug-likeness (QED) is 0.282. The number of rotatable bonds is 8. The van der Waals surface area contributed by atoms with Crippen molar-refractivity contribution in [2.24, 2.45) is 10.9 Å². The number of nitrogens with one attached hydrogen (secondary N) is 2. The maximum Gasteiger partial charge on any atom is 0.243 e. The van der Waals surface area contributed by atoms with Gasteiger partial charge in [0.2, 0.25) is 5.91 Å². The standard InChI is InChI=1S/C20H39N5O3.HI/c1-16(2)18(25-8-11-27-12-9-25)14-22-20(23-15-19(26)24(3)4)21-13-17-7-5-6-10-28-17;/h16-18H,5-15H2,1-4H3,(H2,21,22,23);1H. The van der Waals surface area contributed by atoms with Gasteiger partial charge in [0.15, 0.2) is 5.96 Å². The predicted molar refractivity (Wildman–Crippen MR) is 127 cm³/mol. The fourth-order valence-corrected chi connectivity index (χ4v) is 3.54. The Bertz CT molecular complexity index is 493. The highest BCUT2D eigenvalue weighted by molar-refractivity contribution is 14.0. The van der Waals surface area contributed by atoms with Crippen molar-refractivity contribution in [2.45, 2.75) is 45.3 Å². The van der Waals surface area contributed by atoms with E-state index < -0.39 is 0 Å². The number of amides is 1. The highest BCUT2D eigenvalue weighted by Crippen LogP contribution is 2.13. The number of carbonyl (C=O) groups is 1. The Balaban J connectivity index is 0.00000420. The zero-order valence-corrected chi connectivity index (χ0v) is 20.8. The van der Waals surface area contributed by atoms with Crippen LogP contribution in [0.1, 0.15) is 33.1 Å². The first kappa shape index (κ1) is 26.4. The maximum absolute atomic E-state index is 12.0. The van der Waals surface area contributed by atoms with E-state index >= 15 is 0 Å². The van der Waals surface area contributed by atoms with E-state index in [1.54, 1.807) is 19.0 Å². The molecule has 2 aliphatic heterocycles. The second kappa shape index (κ2) is 14.4. The minimum absolute atomic E-state index is 0. The van der Waals surface area contributed by atoms with Crippen molar-refractivity contribution in [3.63, 3.8) is 0 Å². The minimum Gasteiger partial charge on any atom is -0.379 e. The molecular formula is C20H40IN5O3. The predicted octanol–water partition coefficient (Wildman–Crippen LogP) is 1.15. The van der Waals surface area contributed by atoms with Gasteiger partial charge < -0.3 is 25.0 Å². The molecule has 2 fully saturated rings. The van der Waals surface area contributed by atoms with Gasteiger partial charge in [-0.25, -0.2) is 4.99 Å². The highest BCUT2D eigenvalue weighted by atomic mass is 127. The molecule has 2 rings (SSSR count). The Hall–Kier alpha value is -0.650. The van der Waals surface area contributed by atoms with Crippen LogP contribution in [0.5, 0.6) is 0 Å². The topological polar surface area (TPSA) is 78.4 Å². The summed E-state index contributed by atoms with van der Waals surface area (Å²) in [7, 11) is 3.50. The van der Waals surface area contributed by atoms with Gasteiger partial charge in [-0.1, -0.05) is 13.8 Å². The molecule has 0 saturated carbocycles. The van der Waals surface area contributed by atoms with E-state index in [1.807, 2.05) is 0 Å². The Morgan fingerprint density at radius 3 is 2.48 bits per heavy atom. The third kappa shape index (κ3) is 9.80. The average Bonchev–Trinajstić information content (AvgIpc) is 2.70. The van der Waals surface area contributed by atoms with Crippen molar-refractivity contribution in [1.29, 1.82) is 0 Å². The summed E-state index contributed by atoms with van der Waals surface area (Å²) in [5.74, 6) is 1.18. The van der Waals surface area contributed by atoms with Crippen LogP contribution in [-0.2, 0) is 14.3 Å². The summed E-state index contributed by atoms with van der Waals surface area (Å²) in [5, 5.41) is 6.84. The van der Waals surface area contributed by atoms with Crippen molar-refractivity contribution in [3.05, 3.63) is 0 Å². The summed E-state index contributed by atoms with van der Waals surface area (Å²) in [6.45, 7) is 10.5. The van der Waals surface area contributed by atoms with Gasteiger partial charge in [-0.3, -0.25) is 9.69 Å². The van der Waals surface area contributed by atoms with Gasteiger partial charge >= 0.3 is 0 Å². The molecule has 0 bridgehead atoms. The third-order valence-electron chi connectivity index (χ3n) is 5.41. The Morgan fingerprint density at radius 1 is 1.17 bits per heavy atom. The van der Waals surface area contributed by atoms with Crippen LogP contribution >= 0.6 is 24.0 Å². The number of morpholine rings is 1. The van der Waals surface area contributed by atoms with Crippen LogP contribution in [0.3, 0.4) is 0 Å². The number of nitrogens with zero attached hydrogens (tertiary/aromatic N) is 3. The van der Waals surface area contributed by atoms with Crippen LogP contribution < -0.4 is 10.6 Å². The normalized spacial score (nSPS) is 22.0. The summed E-state index contributed by atoms with van der Waals surface area (Å²) in [6, 6.07) is 0.395. The van der Waals surface area contributed by atoms with Gasteiger partial charge in [0.25, 0.3) is 0 Å². The van der Waals surface area contributed by atoms with Crippen LogP contribution in [0.25, 0.3) is 0 Å². The summed E-state index contributed by atoms with van der Waals surface area (Å²) in [5.41, 5.74) is 0. The lowest BCUT2D eigenvalue weighted by Gasteiger charge is -2.37. The molecule has 8 nitrogen and oxygen atoms in total. The molecular weight excluding hydrogens is 485 g/mol. The zero-order chi connectivity index (χ0) is 20.4. The highest BCUT2D eigenvalue weighted by Gasteiger charge is 2.24. The Labute approximate surface area is 193 Å². The number of aliphatic imine (C=N–C) groups is 1. The monoisotopic (exact) mass is 525 g/mol. The van der Waals surface area contributed by atoms with Crippen LogP contribution in [-0.4, -0.2) is 100 Å². The van der Waals surface area contributed by atoms with E-state index in [-0.39, 0.29) is 42.5 Å². The first-order valence-electron chi connectivity index (χ1n) is 10.6. The number of ether oxygens (including phenoxy) is 2. The molecule has 2 heterocycles. The molecule has 170 valence electrons. The second-order valence-corrected chi connectivity index (χ2v) is 8.16. The largest absolute Gasteiger partial charge is 0.379 e. The fourth-order valence-electron chi connectivity index (χ4n) is 3.54. The summed E-state index contributed by atoms with van der Waals surface area (Å²) < 4.78 is 11.3. The molecule has 2 unspecified atom stereocenters. The van der Waals surface area contributed by atoms with Crippen molar-refractivity contribution in [3.8, 4) is 0 Å². The molecule has 2 atom stereocenters. The number of guanidine groups is 1. The molecule has 0 aromatic rings. The number of carbonyl (C=O) groups excluding carboxylic acids is 1. The van der Waals surface area contributed by atoms with Crippen molar-refractivity contribution in [1.82, 2.24) is 20.4 Å². The zero-order valence-electron chi connectivity index (χ0n) is 18.5. The lowest BCUT2D eigenvalue weighted by molar-refractivity contribution is -0.127. The molecule has 2 aliphatic rings. The number of hydrogen-bond donors (Lipinski definition) is 2. The number of halogens is 1. The van der Waals surface area contributed by atoms with Crippen molar-refractivity contribution in [2.75, 3.05) is 66.6 Å². The smallest absolute Gasteiger partial charge is 0.243 e. The van der Waals surface area contributed by atoms with Gasteiger partial charge in [-0.15, -0.1) is 24.0 Å². The lowest BCUT2D eigenvalue weighted by Crippen LogP contribution is -2.53. The molecule has 2 N–H and O–H groups in total. The molecule has 0 spiro atoms. The molecule has 1 amide bonds. The minimum atomic E-state index is -0.0106. The van der Waals surface area contributed by atoms with Gasteiger partial charge in [-0.2, -0.15) is 0 Å². The molecule has 0 aliphatic carbocycles. The van der Waals surface area contributed by atoms with Gasteiger partial charge in [0, 0.05) is 52.9 Å². The van der Waals surface area contributed by atoms with E-state index in [4.69, 9.17) is 9.47 Å². The number of hydrogen-bond acceptors (Lipinski definition) is 5. The van der Waals surface area contributed by atoms with E-state index in [0.29, 0.717) is 24.5 Å². The molecule has 0 aromatic carbocycles. The SMILES string of the molecule is CC(C)C(CNC(=NCC(=O)N(C)C)NCC1CCCCO1)N1CCOCC1.I. The molecule has 0 radical (unpaired) electrons. The molecule has 29 heavy (non-hydrogen) atoms.